The summed E-state index contributed by atoms with van der Waals surface area (Å²) in [7, 11) is 0. The molecular weight excluding hydrogens is 204 g/mol. The molecule has 2 heterocycles. The van der Waals surface area contributed by atoms with Crippen LogP contribution in [0.3, 0.4) is 0 Å². The van der Waals surface area contributed by atoms with Crippen LogP contribution in [0.1, 0.15) is 19.8 Å². The zero-order chi connectivity index (χ0) is 11.4. The van der Waals surface area contributed by atoms with Gasteiger partial charge in [0.2, 0.25) is 5.91 Å². The van der Waals surface area contributed by atoms with Crippen LogP contribution in [0.25, 0.3) is 0 Å². The Morgan fingerprint density at radius 2 is 2.19 bits per heavy atom. The van der Waals surface area contributed by atoms with Crippen molar-refractivity contribution in [3.8, 4) is 0 Å². The van der Waals surface area contributed by atoms with Crippen LogP contribution in [-0.2, 0) is 4.79 Å². The molecule has 1 N–H and O–H groups in total. The Balaban J connectivity index is 1.92. The van der Waals surface area contributed by atoms with E-state index in [9.17, 15) is 4.79 Å². The summed E-state index contributed by atoms with van der Waals surface area (Å²) in [4.78, 5) is 21.9. The molecule has 2 rings (SSSR count). The van der Waals surface area contributed by atoms with E-state index >= 15 is 0 Å². The number of rotatable bonds is 3. The third-order valence-corrected chi connectivity index (χ3v) is 2.72. The van der Waals surface area contributed by atoms with Crippen molar-refractivity contribution in [2.24, 2.45) is 0 Å². The molecule has 1 atom stereocenters. The minimum absolute atomic E-state index is 0.142. The van der Waals surface area contributed by atoms with Crippen LogP contribution in [0.4, 0.5) is 5.82 Å². The first-order valence-corrected chi connectivity index (χ1v) is 5.59. The summed E-state index contributed by atoms with van der Waals surface area (Å²) in [5.74, 6) is 0.783. The van der Waals surface area contributed by atoms with E-state index in [2.05, 4.69) is 15.3 Å². The van der Waals surface area contributed by atoms with Gasteiger partial charge in [0.15, 0.2) is 0 Å². The van der Waals surface area contributed by atoms with Gasteiger partial charge in [-0.3, -0.25) is 9.78 Å². The number of carbonyl (C=O) groups is 1. The Kier molecular flexibility index (Phi) is 3.34. The average molecular weight is 220 g/mol. The Morgan fingerprint density at radius 1 is 1.44 bits per heavy atom. The van der Waals surface area contributed by atoms with Gasteiger partial charge in [0, 0.05) is 25.5 Å². The predicted molar refractivity (Wildman–Crippen MR) is 60.9 cm³/mol. The summed E-state index contributed by atoms with van der Waals surface area (Å²) in [6, 6.07) is -0.241. The molecule has 1 aliphatic heterocycles. The molecule has 1 fully saturated rings. The number of nitrogens with one attached hydrogen (secondary N) is 1. The van der Waals surface area contributed by atoms with E-state index in [-0.39, 0.29) is 11.9 Å². The lowest BCUT2D eigenvalue weighted by atomic mass is 10.3. The molecule has 1 saturated heterocycles. The second-order valence-corrected chi connectivity index (χ2v) is 3.99. The molecule has 1 aliphatic rings. The van der Waals surface area contributed by atoms with E-state index in [0.29, 0.717) is 5.82 Å². The van der Waals surface area contributed by atoms with Gasteiger partial charge < -0.3 is 10.2 Å². The Hall–Kier alpha value is -1.65. The monoisotopic (exact) mass is 220 g/mol. The quantitative estimate of drug-likeness (QED) is 0.822. The van der Waals surface area contributed by atoms with Crippen LogP contribution in [0.15, 0.2) is 18.6 Å². The summed E-state index contributed by atoms with van der Waals surface area (Å²) in [6.07, 6.45) is 7.06. The molecule has 0 aromatic carbocycles. The van der Waals surface area contributed by atoms with Crippen molar-refractivity contribution >= 4 is 11.7 Å². The van der Waals surface area contributed by atoms with Crippen LogP contribution in [-0.4, -0.2) is 39.9 Å². The molecule has 86 valence electrons. The second kappa shape index (κ2) is 4.92. The number of carbonyl (C=O) groups excluding carboxylic acids is 1. The van der Waals surface area contributed by atoms with Crippen molar-refractivity contribution in [3.63, 3.8) is 0 Å². The van der Waals surface area contributed by atoms with Crippen molar-refractivity contribution in [2.75, 3.05) is 18.4 Å². The van der Waals surface area contributed by atoms with Gasteiger partial charge in [-0.1, -0.05) is 0 Å². The molecule has 0 bridgehead atoms. The van der Waals surface area contributed by atoms with Crippen LogP contribution in [0, 0.1) is 0 Å². The molecule has 1 unspecified atom stereocenters. The maximum absolute atomic E-state index is 12.0. The number of anilines is 1. The van der Waals surface area contributed by atoms with E-state index in [1.165, 1.54) is 0 Å². The summed E-state index contributed by atoms with van der Waals surface area (Å²) < 4.78 is 0. The van der Waals surface area contributed by atoms with E-state index in [0.717, 1.165) is 25.9 Å². The first-order chi connectivity index (χ1) is 7.77. The van der Waals surface area contributed by atoms with Gasteiger partial charge in [-0.15, -0.1) is 0 Å². The average Bonchev–Trinajstić information content (AvgIpc) is 2.83. The van der Waals surface area contributed by atoms with Crippen molar-refractivity contribution in [1.82, 2.24) is 14.9 Å². The topological polar surface area (TPSA) is 58.1 Å². The largest absolute Gasteiger partial charge is 0.357 e. The van der Waals surface area contributed by atoms with Crippen LogP contribution in [0.5, 0.6) is 0 Å². The molecule has 0 saturated carbocycles. The van der Waals surface area contributed by atoms with Gasteiger partial charge in [0.1, 0.15) is 11.9 Å². The first kappa shape index (κ1) is 10.9. The van der Waals surface area contributed by atoms with Crippen LogP contribution < -0.4 is 5.32 Å². The van der Waals surface area contributed by atoms with Crippen LogP contribution in [0.2, 0.25) is 0 Å². The maximum Gasteiger partial charge on any atom is 0.244 e. The Bertz CT molecular complexity index is 348. The molecule has 1 aromatic rings. The van der Waals surface area contributed by atoms with E-state index in [1.54, 1.807) is 18.6 Å². The van der Waals surface area contributed by atoms with Gasteiger partial charge in [-0.25, -0.2) is 4.98 Å². The van der Waals surface area contributed by atoms with Gasteiger partial charge >= 0.3 is 0 Å². The van der Waals surface area contributed by atoms with Crippen molar-refractivity contribution in [1.29, 1.82) is 0 Å². The third kappa shape index (κ3) is 2.48. The number of amides is 1. The summed E-state index contributed by atoms with van der Waals surface area (Å²) in [5, 5.41) is 3.05. The SMILES string of the molecule is CC(Nc1cnccn1)C(=O)N1CCCC1. The Labute approximate surface area is 94.9 Å². The van der Waals surface area contributed by atoms with E-state index in [4.69, 9.17) is 0 Å². The third-order valence-electron chi connectivity index (χ3n) is 2.72. The highest BCUT2D eigenvalue weighted by Gasteiger charge is 2.23. The predicted octanol–water partition coefficient (Wildman–Crippen LogP) is 0.899. The molecule has 0 radical (unpaired) electrons. The smallest absolute Gasteiger partial charge is 0.244 e. The molecule has 0 spiro atoms. The minimum atomic E-state index is -0.241. The molecule has 5 nitrogen and oxygen atoms in total. The lowest BCUT2D eigenvalue weighted by molar-refractivity contribution is -0.130. The number of hydrogen-bond acceptors (Lipinski definition) is 4. The minimum Gasteiger partial charge on any atom is -0.357 e. The summed E-state index contributed by atoms with van der Waals surface area (Å²) >= 11 is 0. The first-order valence-electron chi connectivity index (χ1n) is 5.59. The zero-order valence-corrected chi connectivity index (χ0v) is 9.39. The second-order valence-electron chi connectivity index (χ2n) is 3.99. The fraction of sp³-hybridized carbons (Fsp3) is 0.545. The fourth-order valence-electron chi connectivity index (χ4n) is 1.87. The lowest BCUT2D eigenvalue weighted by Gasteiger charge is -2.21. The maximum atomic E-state index is 12.0. The van der Waals surface area contributed by atoms with Gasteiger partial charge in [0.25, 0.3) is 0 Å². The number of aromatic nitrogens is 2. The van der Waals surface area contributed by atoms with Crippen molar-refractivity contribution < 1.29 is 4.79 Å². The van der Waals surface area contributed by atoms with Crippen molar-refractivity contribution in [3.05, 3.63) is 18.6 Å². The molecule has 1 amide bonds. The lowest BCUT2D eigenvalue weighted by Crippen LogP contribution is -2.39. The van der Waals surface area contributed by atoms with Gasteiger partial charge in [-0.2, -0.15) is 0 Å². The summed E-state index contributed by atoms with van der Waals surface area (Å²) in [5.41, 5.74) is 0. The van der Waals surface area contributed by atoms with Gasteiger partial charge in [0.05, 0.1) is 6.20 Å². The fourth-order valence-corrected chi connectivity index (χ4v) is 1.87. The molecule has 1 aromatic heterocycles. The van der Waals surface area contributed by atoms with E-state index < -0.39 is 0 Å². The zero-order valence-electron chi connectivity index (χ0n) is 9.39. The highest BCUT2D eigenvalue weighted by atomic mass is 16.2. The number of hydrogen-bond donors (Lipinski definition) is 1. The number of likely N-dealkylation sites (tertiary alicyclic amines) is 1. The van der Waals surface area contributed by atoms with E-state index in [1.807, 2.05) is 11.8 Å². The van der Waals surface area contributed by atoms with Crippen LogP contribution >= 0.6 is 0 Å². The molecule has 16 heavy (non-hydrogen) atoms. The summed E-state index contributed by atoms with van der Waals surface area (Å²) in [6.45, 7) is 3.62. The highest BCUT2D eigenvalue weighted by Crippen LogP contribution is 2.10. The molecular formula is C11H16N4O. The normalized spacial score (nSPS) is 17.2. The Morgan fingerprint density at radius 3 is 2.81 bits per heavy atom. The standard InChI is InChI=1S/C11H16N4O/c1-9(11(16)15-6-2-3-7-15)14-10-8-12-4-5-13-10/h4-5,8-9H,2-3,6-7H2,1H3,(H,13,14). The van der Waals surface area contributed by atoms with Gasteiger partial charge in [-0.05, 0) is 19.8 Å². The molecule has 0 aliphatic carbocycles. The van der Waals surface area contributed by atoms with Crippen molar-refractivity contribution in [2.45, 2.75) is 25.8 Å². The highest BCUT2D eigenvalue weighted by molar-refractivity contribution is 5.84. The number of nitrogens with zero attached hydrogens (tertiary/aromatic N) is 3. The molecule has 5 heteroatoms.